The van der Waals surface area contributed by atoms with Crippen LogP contribution in [0.5, 0.6) is 0 Å². The zero-order chi connectivity index (χ0) is 12.3. The molecule has 7 heteroatoms. The van der Waals surface area contributed by atoms with Gasteiger partial charge >= 0.3 is 0 Å². The van der Waals surface area contributed by atoms with E-state index in [1.54, 1.807) is 11.6 Å². The highest BCUT2D eigenvalue weighted by Crippen LogP contribution is 2.16. The van der Waals surface area contributed by atoms with Gasteiger partial charge in [0.25, 0.3) is 6.43 Å². The third kappa shape index (κ3) is 3.14. The molecule has 0 aromatic heterocycles. The van der Waals surface area contributed by atoms with Crippen LogP contribution in [0.15, 0.2) is 23.1 Å². The lowest BCUT2D eigenvalue weighted by Gasteiger charge is -2.07. The minimum Gasteiger partial charge on any atom is -0.399 e. The second-order valence-corrected chi connectivity index (χ2v) is 5.03. The molecule has 3 N–H and O–H groups in total. The van der Waals surface area contributed by atoms with Crippen LogP contribution in [0.3, 0.4) is 0 Å². The molecule has 4 nitrogen and oxygen atoms in total. The number of halogens is 2. The number of benzene rings is 1. The molecule has 1 aromatic carbocycles. The van der Waals surface area contributed by atoms with Gasteiger partial charge in [-0.1, -0.05) is 0 Å². The fourth-order valence-corrected chi connectivity index (χ4v) is 2.16. The van der Waals surface area contributed by atoms with E-state index >= 15 is 0 Å². The summed E-state index contributed by atoms with van der Waals surface area (Å²) in [6.45, 7) is 0.743. The van der Waals surface area contributed by atoms with Crippen molar-refractivity contribution in [3.05, 3.63) is 23.8 Å². The topological polar surface area (TPSA) is 72.2 Å². The summed E-state index contributed by atoms with van der Waals surface area (Å²) < 4.78 is 48.6. The number of anilines is 1. The average molecular weight is 250 g/mol. The maximum absolute atomic E-state index is 11.9. The highest BCUT2D eigenvalue weighted by atomic mass is 32.2. The van der Waals surface area contributed by atoms with Crippen LogP contribution in [0.25, 0.3) is 0 Å². The minimum atomic E-state index is -3.88. The first-order chi connectivity index (χ1) is 7.33. The minimum absolute atomic E-state index is 0.0696. The van der Waals surface area contributed by atoms with Crippen molar-refractivity contribution in [3.8, 4) is 0 Å². The predicted octanol–water partition coefficient (Wildman–Crippen LogP) is 1.12. The van der Waals surface area contributed by atoms with Crippen LogP contribution in [-0.2, 0) is 10.0 Å². The zero-order valence-electron chi connectivity index (χ0n) is 8.57. The van der Waals surface area contributed by atoms with Crippen molar-refractivity contribution < 1.29 is 17.2 Å². The molecule has 0 aliphatic heterocycles. The van der Waals surface area contributed by atoms with Crippen LogP contribution in [0.2, 0.25) is 0 Å². The Morgan fingerprint density at radius 2 is 2.06 bits per heavy atom. The van der Waals surface area contributed by atoms with Crippen molar-refractivity contribution in [2.75, 3.05) is 12.3 Å². The molecule has 0 aliphatic carbocycles. The summed E-state index contributed by atoms with van der Waals surface area (Å²) in [7, 11) is -3.88. The van der Waals surface area contributed by atoms with Gasteiger partial charge in [-0.3, -0.25) is 0 Å². The third-order valence-electron chi connectivity index (χ3n) is 1.98. The van der Waals surface area contributed by atoms with Crippen molar-refractivity contribution in [3.63, 3.8) is 0 Å². The van der Waals surface area contributed by atoms with E-state index in [1.807, 2.05) is 0 Å². The van der Waals surface area contributed by atoms with Crippen LogP contribution in [-0.4, -0.2) is 21.4 Å². The maximum Gasteiger partial charge on any atom is 0.251 e. The normalized spacial score (nSPS) is 12.0. The standard InChI is InChI=1S/C9H12F2N2O2S/c1-6-4-7(2-3-8(6)12)16(14,15)13-5-9(10)11/h2-4,9,13H,5,12H2,1H3. The number of nitrogens with one attached hydrogen (secondary N) is 1. The van der Waals surface area contributed by atoms with Gasteiger partial charge < -0.3 is 5.73 Å². The Balaban J connectivity index is 2.94. The van der Waals surface area contributed by atoms with Gasteiger partial charge in [0, 0.05) is 5.69 Å². The molecule has 0 saturated heterocycles. The summed E-state index contributed by atoms with van der Waals surface area (Å²) in [6.07, 6.45) is -2.72. The molecule has 0 saturated carbocycles. The van der Waals surface area contributed by atoms with Gasteiger partial charge in [-0.15, -0.1) is 0 Å². The molecule has 0 heterocycles. The lowest BCUT2D eigenvalue weighted by molar-refractivity contribution is 0.153. The van der Waals surface area contributed by atoms with Crippen molar-refractivity contribution in [2.24, 2.45) is 0 Å². The lowest BCUT2D eigenvalue weighted by Crippen LogP contribution is -2.28. The van der Waals surface area contributed by atoms with E-state index in [1.165, 1.54) is 18.2 Å². The van der Waals surface area contributed by atoms with Crippen LogP contribution in [0.4, 0.5) is 14.5 Å². The number of sulfonamides is 1. The lowest BCUT2D eigenvalue weighted by atomic mass is 10.2. The highest BCUT2D eigenvalue weighted by molar-refractivity contribution is 7.89. The number of hydrogen-bond donors (Lipinski definition) is 2. The Morgan fingerprint density at radius 1 is 1.44 bits per heavy atom. The van der Waals surface area contributed by atoms with Crippen molar-refractivity contribution >= 4 is 15.7 Å². The van der Waals surface area contributed by atoms with Gasteiger partial charge in [0.1, 0.15) is 0 Å². The molecule has 0 radical (unpaired) electrons. The first-order valence-corrected chi connectivity index (χ1v) is 5.95. The molecular formula is C9H12F2N2O2S. The summed E-state index contributed by atoms with van der Waals surface area (Å²) in [4.78, 5) is -0.0696. The predicted molar refractivity (Wildman–Crippen MR) is 56.8 cm³/mol. The first kappa shape index (κ1) is 12.9. The quantitative estimate of drug-likeness (QED) is 0.786. The Bertz CT molecular complexity index is 474. The molecular weight excluding hydrogens is 238 g/mol. The first-order valence-electron chi connectivity index (χ1n) is 4.47. The van der Waals surface area contributed by atoms with E-state index in [4.69, 9.17) is 5.73 Å². The van der Waals surface area contributed by atoms with Gasteiger partial charge in [-0.05, 0) is 30.7 Å². The van der Waals surface area contributed by atoms with Crippen LogP contribution >= 0.6 is 0 Å². The SMILES string of the molecule is Cc1cc(S(=O)(=O)NCC(F)F)ccc1N. The molecule has 0 bridgehead atoms. The van der Waals surface area contributed by atoms with Gasteiger partial charge in [-0.2, -0.15) is 0 Å². The van der Waals surface area contributed by atoms with Crippen molar-refractivity contribution in [1.29, 1.82) is 0 Å². The Kier molecular flexibility index (Phi) is 3.82. The Hall–Kier alpha value is -1.21. The maximum atomic E-state index is 11.9. The molecule has 0 spiro atoms. The summed E-state index contributed by atoms with van der Waals surface area (Å²) in [5.41, 5.74) is 6.55. The average Bonchev–Trinajstić information content (AvgIpc) is 2.19. The summed E-state index contributed by atoms with van der Waals surface area (Å²) in [5, 5.41) is 0. The molecule has 16 heavy (non-hydrogen) atoms. The van der Waals surface area contributed by atoms with Crippen molar-refractivity contribution in [2.45, 2.75) is 18.2 Å². The number of hydrogen-bond acceptors (Lipinski definition) is 3. The second-order valence-electron chi connectivity index (χ2n) is 3.26. The fourth-order valence-electron chi connectivity index (χ4n) is 1.07. The summed E-state index contributed by atoms with van der Waals surface area (Å²) >= 11 is 0. The summed E-state index contributed by atoms with van der Waals surface area (Å²) in [6, 6.07) is 4.03. The van der Waals surface area contributed by atoms with Crippen LogP contribution in [0, 0.1) is 6.92 Å². The molecule has 0 amide bonds. The third-order valence-corrected chi connectivity index (χ3v) is 3.40. The zero-order valence-corrected chi connectivity index (χ0v) is 9.39. The van der Waals surface area contributed by atoms with Crippen LogP contribution < -0.4 is 10.5 Å². The molecule has 0 atom stereocenters. The molecule has 0 aliphatic rings. The van der Waals surface area contributed by atoms with Crippen molar-refractivity contribution in [1.82, 2.24) is 4.72 Å². The van der Waals surface area contributed by atoms with E-state index in [2.05, 4.69) is 0 Å². The molecule has 90 valence electrons. The van der Waals surface area contributed by atoms with E-state index in [0.717, 1.165) is 0 Å². The van der Waals surface area contributed by atoms with E-state index < -0.39 is 23.0 Å². The number of nitrogen functional groups attached to an aromatic ring is 1. The van der Waals surface area contributed by atoms with Gasteiger partial charge in [0.2, 0.25) is 10.0 Å². The molecule has 0 fully saturated rings. The van der Waals surface area contributed by atoms with E-state index in [0.29, 0.717) is 11.3 Å². The smallest absolute Gasteiger partial charge is 0.251 e. The van der Waals surface area contributed by atoms with Gasteiger partial charge in [-0.25, -0.2) is 21.9 Å². The van der Waals surface area contributed by atoms with E-state index in [-0.39, 0.29) is 4.90 Å². The Morgan fingerprint density at radius 3 is 2.56 bits per heavy atom. The van der Waals surface area contributed by atoms with E-state index in [9.17, 15) is 17.2 Å². The van der Waals surface area contributed by atoms with Gasteiger partial charge in [0.15, 0.2) is 0 Å². The monoisotopic (exact) mass is 250 g/mol. The largest absolute Gasteiger partial charge is 0.399 e. The Labute approximate surface area is 92.5 Å². The molecule has 0 unspecified atom stereocenters. The molecule has 1 rings (SSSR count). The fraction of sp³-hybridized carbons (Fsp3) is 0.333. The number of alkyl halides is 2. The summed E-state index contributed by atoms with van der Waals surface area (Å²) in [5.74, 6) is 0. The second kappa shape index (κ2) is 4.75. The van der Waals surface area contributed by atoms with Gasteiger partial charge in [0.05, 0.1) is 11.4 Å². The highest BCUT2D eigenvalue weighted by Gasteiger charge is 2.16. The van der Waals surface area contributed by atoms with Crippen LogP contribution in [0.1, 0.15) is 5.56 Å². The number of rotatable bonds is 4. The number of aryl methyl sites for hydroxylation is 1. The number of nitrogens with two attached hydrogens (primary N) is 1. The molecule has 1 aromatic rings.